The Bertz CT molecular complexity index is 754. The average Bonchev–Trinajstić information content (AvgIpc) is 3.17. The summed E-state index contributed by atoms with van der Waals surface area (Å²) in [5.74, 6) is 0. The summed E-state index contributed by atoms with van der Waals surface area (Å²) < 4.78 is 6.47. The molecule has 0 spiro atoms. The van der Waals surface area contributed by atoms with E-state index in [0.29, 0.717) is 0 Å². The van der Waals surface area contributed by atoms with Crippen LogP contribution < -0.4 is 18.0 Å². The first-order valence-electron chi connectivity index (χ1n) is 7.96. The molecular formula is C18H24S3Si2. The van der Waals surface area contributed by atoms with Gasteiger partial charge in [0.2, 0.25) is 0 Å². The van der Waals surface area contributed by atoms with Crippen LogP contribution in [-0.2, 0) is 0 Å². The van der Waals surface area contributed by atoms with Crippen LogP contribution in [0.3, 0.4) is 0 Å². The first-order chi connectivity index (χ1) is 10.7. The standard InChI is InChI=1S/C18H24S3Si2/c1-13-7-9-15(19-13)22(3,4)17-11-12-18(21-17)23(5,6)16-10-8-14(2)20-16/h7-12H,1-6H3. The first-order valence-corrected chi connectivity index (χ1v) is 16.4. The van der Waals surface area contributed by atoms with Crippen molar-refractivity contribution in [3.63, 3.8) is 0 Å². The Morgan fingerprint density at radius 1 is 0.522 bits per heavy atom. The van der Waals surface area contributed by atoms with Crippen molar-refractivity contribution in [2.75, 3.05) is 0 Å². The highest BCUT2D eigenvalue weighted by atomic mass is 32.1. The molecule has 0 radical (unpaired) electrons. The van der Waals surface area contributed by atoms with E-state index >= 15 is 0 Å². The quantitative estimate of drug-likeness (QED) is 0.586. The van der Waals surface area contributed by atoms with Crippen molar-refractivity contribution in [3.8, 4) is 0 Å². The van der Waals surface area contributed by atoms with Crippen LogP contribution in [0.4, 0.5) is 0 Å². The Hall–Kier alpha value is -0.466. The van der Waals surface area contributed by atoms with Crippen molar-refractivity contribution in [3.05, 3.63) is 46.2 Å². The van der Waals surface area contributed by atoms with Crippen LogP contribution in [-0.4, -0.2) is 16.1 Å². The number of aryl methyl sites for hydroxylation is 2. The van der Waals surface area contributed by atoms with E-state index in [9.17, 15) is 0 Å². The van der Waals surface area contributed by atoms with Gasteiger partial charge in [-0.15, -0.1) is 22.7 Å². The van der Waals surface area contributed by atoms with Gasteiger partial charge in [0.05, 0.1) is 0 Å². The first kappa shape index (κ1) is 17.4. The molecule has 5 heteroatoms. The summed E-state index contributed by atoms with van der Waals surface area (Å²) in [7, 11) is -3.05. The minimum absolute atomic E-state index is 1.43. The van der Waals surface area contributed by atoms with Gasteiger partial charge >= 0.3 is 0 Å². The predicted octanol–water partition coefficient (Wildman–Crippen LogP) is 4.13. The van der Waals surface area contributed by atoms with Crippen LogP contribution in [0.25, 0.3) is 0 Å². The summed E-state index contributed by atoms with van der Waals surface area (Å²) in [6, 6.07) is 14.1. The molecule has 23 heavy (non-hydrogen) atoms. The molecular weight excluding hydrogens is 369 g/mol. The third-order valence-corrected chi connectivity index (χ3v) is 19.8. The van der Waals surface area contributed by atoms with Crippen molar-refractivity contribution < 1.29 is 0 Å². The monoisotopic (exact) mass is 392 g/mol. The molecule has 0 atom stereocenters. The Morgan fingerprint density at radius 2 is 0.826 bits per heavy atom. The number of rotatable bonds is 4. The van der Waals surface area contributed by atoms with Gasteiger partial charge in [0.15, 0.2) is 0 Å². The zero-order chi connectivity index (χ0) is 16.8. The second-order valence-corrected chi connectivity index (χ2v) is 21.0. The summed E-state index contributed by atoms with van der Waals surface area (Å²) in [5.41, 5.74) is 0. The molecule has 0 aliphatic heterocycles. The average molecular weight is 393 g/mol. The minimum Gasteiger partial charge on any atom is -0.154 e. The summed E-state index contributed by atoms with van der Waals surface area (Å²) >= 11 is 6.07. The SMILES string of the molecule is Cc1ccc([Si](C)(C)c2ccc([Si](C)(C)c3ccc(C)s3)s2)s1. The van der Waals surface area contributed by atoms with Gasteiger partial charge < -0.3 is 0 Å². The molecule has 0 unspecified atom stereocenters. The molecule has 0 aromatic carbocycles. The van der Waals surface area contributed by atoms with Crippen LogP contribution >= 0.6 is 34.0 Å². The zero-order valence-electron chi connectivity index (χ0n) is 14.7. The lowest BCUT2D eigenvalue weighted by Gasteiger charge is -2.21. The molecule has 3 aromatic rings. The number of thiophene rings is 3. The fourth-order valence-corrected chi connectivity index (χ4v) is 14.7. The van der Waals surface area contributed by atoms with E-state index in [1.165, 1.54) is 9.75 Å². The lowest BCUT2D eigenvalue weighted by Crippen LogP contribution is -2.52. The van der Waals surface area contributed by atoms with Crippen molar-refractivity contribution in [1.82, 2.24) is 0 Å². The van der Waals surface area contributed by atoms with Gasteiger partial charge in [-0.25, -0.2) is 0 Å². The van der Waals surface area contributed by atoms with E-state index in [1.807, 2.05) is 22.7 Å². The van der Waals surface area contributed by atoms with Gasteiger partial charge in [-0.1, -0.05) is 50.5 Å². The molecule has 122 valence electrons. The van der Waals surface area contributed by atoms with Gasteiger partial charge in [-0.05, 0) is 44.0 Å². The second-order valence-electron chi connectivity index (χ2n) is 7.23. The van der Waals surface area contributed by atoms with Crippen molar-refractivity contribution in [1.29, 1.82) is 0 Å². The molecule has 0 aliphatic rings. The van der Waals surface area contributed by atoms with E-state index in [0.717, 1.165) is 0 Å². The van der Waals surface area contributed by atoms with Crippen LogP contribution in [0.5, 0.6) is 0 Å². The molecule has 0 bridgehead atoms. The summed E-state index contributed by atoms with van der Waals surface area (Å²) in [4.78, 5) is 2.86. The summed E-state index contributed by atoms with van der Waals surface area (Å²) in [5, 5.41) is 0. The Labute approximate surface area is 153 Å². The van der Waals surface area contributed by atoms with Crippen molar-refractivity contribution in [2.24, 2.45) is 0 Å². The third kappa shape index (κ3) is 3.22. The molecule has 3 heterocycles. The van der Waals surface area contributed by atoms with Crippen molar-refractivity contribution >= 4 is 68.2 Å². The third-order valence-electron chi connectivity index (χ3n) is 4.55. The molecule has 0 fully saturated rings. The molecule has 0 nitrogen and oxygen atoms in total. The van der Waals surface area contributed by atoms with E-state index < -0.39 is 16.1 Å². The fraction of sp³-hybridized carbons (Fsp3) is 0.333. The summed E-state index contributed by atoms with van der Waals surface area (Å²) in [6.07, 6.45) is 0. The maximum Gasteiger partial charge on any atom is 0.137 e. The minimum atomic E-state index is -1.53. The van der Waals surface area contributed by atoms with Gasteiger partial charge in [0.1, 0.15) is 16.1 Å². The summed E-state index contributed by atoms with van der Waals surface area (Å²) in [6.45, 7) is 14.4. The van der Waals surface area contributed by atoms with Crippen LogP contribution in [0.1, 0.15) is 9.75 Å². The maximum absolute atomic E-state index is 2.50. The van der Waals surface area contributed by atoms with Gasteiger partial charge in [-0.3, -0.25) is 0 Å². The Kier molecular flexibility index (Phi) is 4.62. The smallest absolute Gasteiger partial charge is 0.137 e. The molecule has 0 N–H and O–H groups in total. The highest BCUT2D eigenvalue weighted by molar-refractivity contribution is 7.43. The predicted molar refractivity (Wildman–Crippen MR) is 116 cm³/mol. The van der Waals surface area contributed by atoms with E-state index in [-0.39, 0.29) is 0 Å². The number of hydrogen-bond acceptors (Lipinski definition) is 3. The largest absolute Gasteiger partial charge is 0.154 e. The fourth-order valence-electron chi connectivity index (χ4n) is 2.79. The van der Waals surface area contributed by atoms with E-state index in [2.05, 4.69) is 87.8 Å². The lowest BCUT2D eigenvalue weighted by atomic mass is 10.5. The van der Waals surface area contributed by atoms with Gasteiger partial charge in [-0.2, -0.15) is 11.3 Å². The Morgan fingerprint density at radius 3 is 1.13 bits per heavy atom. The molecule has 0 amide bonds. The van der Waals surface area contributed by atoms with Crippen LogP contribution in [0, 0.1) is 13.8 Å². The topological polar surface area (TPSA) is 0 Å². The maximum atomic E-state index is 2.50. The second kappa shape index (κ2) is 6.11. The molecule has 0 aliphatic carbocycles. The van der Waals surface area contributed by atoms with Crippen LogP contribution in [0.15, 0.2) is 36.4 Å². The van der Waals surface area contributed by atoms with E-state index in [4.69, 9.17) is 0 Å². The zero-order valence-corrected chi connectivity index (χ0v) is 19.1. The molecule has 3 rings (SSSR count). The Balaban J connectivity index is 1.97. The molecule has 0 saturated heterocycles. The van der Waals surface area contributed by atoms with Crippen molar-refractivity contribution in [2.45, 2.75) is 40.0 Å². The molecule has 3 aromatic heterocycles. The lowest BCUT2D eigenvalue weighted by molar-refractivity contribution is 1.64. The highest BCUT2D eigenvalue weighted by Gasteiger charge is 2.34. The van der Waals surface area contributed by atoms with Gasteiger partial charge in [0.25, 0.3) is 0 Å². The number of hydrogen-bond donors (Lipinski definition) is 0. The van der Waals surface area contributed by atoms with E-state index in [1.54, 1.807) is 18.0 Å². The highest BCUT2D eigenvalue weighted by Crippen LogP contribution is 2.18. The molecule has 0 saturated carbocycles. The van der Waals surface area contributed by atoms with Crippen LogP contribution in [0.2, 0.25) is 26.2 Å². The van der Waals surface area contributed by atoms with Gasteiger partial charge in [0, 0.05) is 9.75 Å². The normalized spacial score (nSPS) is 12.8.